The van der Waals surface area contributed by atoms with E-state index in [4.69, 9.17) is 30.6 Å². The van der Waals surface area contributed by atoms with E-state index in [1.807, 2.05) is 0 Å². The second kappa shape index (κ2) is 15.0. The van der Waals surface area contributed by atoms with Gasteiger partial charge in [0.2, 0.25) is 0 Å². The maximum Gasteiger partial charge on any atom is 2.00 e. The van der Waals surface area contributed by atoms with Crippen molar-refractivity contribution in [3.63, 3.8) is 0 Å². The molecule has 0 radical (unpaired) electrons. The Morgan fingerprint density at radius 2 is 1.23 bits per heavy atom. The molecule has 2 aliphatic heterocycles. The minimum atomic E-state index is -1.75. The summed E-state index contributed by atoms with van der Waals surface area (Å²) in [4.78, 5) is 52.6. The van der Waals surface area contributed by atoms with Gasteiger partial charge in [-0.1, -0.05) is 29.6 Å². The fourth-order valence-corrected chi connectivity index (χ4v) is 3.33. The molecule has 2 N–H and O–H groups in total. The Labute approximate surface area is 195 Å². The van der Waals surface area contributed by atoms with Gasteiger partial charge in [0, 0.05) is 24.6 Å². The number of nitrogens with zero attached hydrogens (tertiary/aromatic N) is 5. The minimum absolute atomic E-state index is 0. The molecule has 18 heteroatoms. The molecule has 3 rings (SSSR count). The molecule has 2 saturated heterocycles. The Bertz CT molecular complexity index is 781. The van der Waals surface area contributed by atoms with Crippen LogP contribution in [0.2, 0.25) is 0 Å². The van der Waals surface area contributed by atoms with Crippen LogP contribution in [-0.2, 0) is 19.5 Å². The van der Waals surface area contributed by atoms with Crippen LogP contribution in [0, 0.1) is 30.6 Å². The molecular formula is C13H13N7O8S2Zn. The van der Waals surface area contributed by atoms with Crippen LogP contribution in [0.15, 0.2) is 28.2 Å². The summed E-state index contributed by atoms with van der Waals surface area (Å²) >= 11 is 2.98. The van der Waals surface area contributed by atoms with Crippen molar-refractivity contribution in [3.8, 4) is 0 Å². The van der Waals surface area contributed by atoms with Gasteiger partial charge >= 0.3 is 19.5 Å². The first kappa shape index (κ1) is 28.2. The van der Waals surface area contributed by atoms with Crippen molar-refractivity contribution in [1.82, 2.24) is 15.6 Å². The van der Waals surface area contributed by atoms with Crippen molar-refractivity contribution in [2.45, 2.75) is 0 Å². The van der Waals surface area contributed by atoms with Crippen LogP contribution in [-0.4, -0.2) is 61.9 Å². The van der Waals surface area contributed by atoms with Crippen LogP contribution in [0.5, 0.6) is 0 Å². The Kier molecular flexibility index (Phi) is 13.6. The zero-order valence-electron chi connectivity index (χ0n) is 15.6. The van der Waals surface area contributed by atoms with Crippen molar-refractivity contribution >= 4 is 45.7 Å². The summed E-state index contributed by atoms with van der Waals surface area (Å²) in [5, 5.41) is 36.7. The van der Waals surface area contributed by atoms with Gasteiger partial charge in [-0.05, 0) is 12.1 Å². The summed E-state index contributed by atoms with van der Waals surface area (Å²) in [5.41, 5.74) is 0.278. The van der Waals surface area contributed by atoms with Gasteiger partial charge in [-0.15, -0.1) is 0 Å². The molecule has 3 heterocycles. The smallest absolute Gasteiger partial charge is 0.364 e. The van der Waals surface area contributed by atoms with E-state index in [1.165, 1.54) is 23.5 Å². The normalized spacial score (nSPS) is 16.4. The van der Waals surface area contributed by atoms with Gasteiger partial charge in [-0.2, -0.15) is 9.98 Å². The Morgan fingerprint density at radius 3 is 1.52 bits per heavy atom. The molecule has 31 heavy (non-hydrogen) atoms. The van der Waals surface area contributed by atoms with Crippen LogP contribution in [0.3, 0.4) is 0 Å². The number of carbonyl (C=O) groups is 2. The molecule has 2 aliphatic rings. The van der Waals surface area contributed by atoms with Crippen molar-refractivity contribution in [2.75, 3.05) is 24.6 Å². The molecule has 1 aromatic heterocycles. The first-order valence-electron chi connectivity index (χ1n) is 7.78. The zero-order chi connectivity index (χ0) is 22.5. The average Bonchev–Trinajstić information content (AvgIpc) is 3.35. The molecule has 0 aromatic carbocycles. The molecule has 2 fully saturated rings. The van der Waals surface area contributed by atoms with Gasteiger partial charge in [-0.3, -0.25) is 9.59 Å². The van der Waals surface area contributed by atoms with E-state index < -0.39 is 22.0 Å². The molecular weight excluding hydrogens is 512 g/mol. The molecule has 0 spiro atoms. The van der Waals surface area contributed by atoms with E-state index in [1.54, 1.807) is 18.2 Å². The number of hydrogen-bond acceptors (Lipinski definition) is 11. The van der Waals surface area contributed by atoms with E-state index in [0.29, 0.717) is 10.3 Å². The molecule has 1 aromatic rings. The predicted octanol–water partition coefficient (Wildman–Crippen LogP) is 0.266. The number of hydrogen-bond donors (Lipinski definition) is 2. The van der Waals surface area contributed by atoms with Crippen molar-refractivity contribution in [2.24, 2.45) is 9.98 Å². The summed E-state index contributed by atoms with van der Waals surface area (Å²) in [6, 6.07) is 4.69. The first-order valence-corrected chi connectivity index (χ1v) is 9.75. The van der Waals surface area contributed by atoms with Crippen LogP contribution in [0.25, 0.3) is 0 Å². The summed E-state index contributed by atoms with van der Waals surface area (Å²) < 4.78 is 0. The fourth-order valence-electron chi connectivity index (χ4n) is 1.83. The van der Waals surface area contributed by atoms with Crippen molar-refractivity contribution in [1.29, 1.82) is 0 Å². The predicted molar refractivity (Wildman–Crippen MR) is 109 cm³/mol. The van der Waals surface area contributed by atoms with Gasteiger partial charge in [0.15, 0.2) is 10.3 Å². The largest absolute Gasteiger partial charge is 2.00 e. The number of thioether (sulfide) groups is 2. The Morgan fingerprint density at radius 1 is 0.871 bits per heavy atom. The topological polar surface area (TPSA) is 228 Å². The van der Waals surface area contributed by atoms with Gasteiger partial charge in [0.25, 0.3) is 11.8 Å². The van der Waals surface area contributed by atoms with Crippen LogP contribution >= 0.6 is 23.5 Å². The molecule has 0 aliphatic carbocycles. The number of aliphatic imine (C=N–C) groups is 2. The molecule has 0 saturated carbocycles. The maximum absolute atomic E-state index is 12.1. The zero-order valence-corrected chi connectivity index (χ0v) is 20.2. The fraction of sp³-hybridized carbons (Fsp3) is 0.308. The molecule has 162 valence electrons. The summed E-state index contributed by atoms with van der Waals surface area (Å²) in [6.45, 7) is 1.59. The number of pyridine rings is 1. The third kappa shape index (κ3) is 12.4. The first-order chi connectivity index (χ1) is 14.2. The third-order valence-corrected chi connectivity index (χ3v) is 4.66. The Hall–Kier alpha value is -2.85. The standard InChI is InChI=1S/C13H13N5O2S2.2NO3.Zn/c19-10(17-12-14-4-6-21-12)8-2-1-3-9(16-8)11(20)18-13-15-5-7-22-13;2*2-1(3)4;/h1-3H,4-7H2,(H,14,17,19)(H,15,18,20);;;/q;2*-1;+2. The van der Waals surface area contributed by atoms with Crippen molar-refractivity contribution < 1.29 is 39.2 Å². The number of amidine groups is 2. The van der Waals surface area contributed by atoms with E-state index in [-0.39, 0.29) is 30.9 Å². The number of nitrogens with one attached hydrogen (secondary N) is 2. The van der Waals surface area contributed by atoms with Crippen LogP contribution < -0.4 is 10.6 Å². The molecule has 0 unspecified atom stereocenters. The minimum Gasteiger partial charge on any atom is -0.364 e. The quantitative estimate of drug-likeness (QED) is 0.301. The number of amides is 2. The maximum atomic E-state index is 12.1. The average molecular weight is 525 g/mol. The van der Waals surface area contributed by atoms with E-state index in [0.717, 1.165) is 24.6 Å². The number of carbonyl (C=O) groups excluding carboxylic acids is 2. The second-order valence-corrected chi connectivity index (χ2v) is 7.02. The van der Waals surface area contributed by atoms with Crippen LogP contribution in [0.4, 0.5) is 0 Å². The summed E-state index contributed by atoms with van der Waals surface area (Å²) in [6.07, 6.45) is 0. The monoisotopic (exact) mass is 523 g/mol. The number of aromatic nitrogens is 1. The van der Waals surface area contributed by atoms with Gasteiger partial charge in [0.1, 0.15) is 11.4 Å². The van der Waals surface area contributed by atoms with E-state index >= 15 is 0 Å². The van der Waals surface area contributed by atoms with Crippen molar-refractivity contribution in [3.05, 3.63) is 60.2 Å². The van der Waals surface area contributed by atoms with Gasteiger partial charge < -0.3 is 41.3 Å². The van der Waals surface area contributed by atoms with E-state index in [9.17, 15) is 9.59 Å². The van der Waals surface area contributed by atoms with E-state index in [2.05, 4.69) is 25.6 Å². The summed E-state index contributed by atoms with van der Waals surface area (Å²) in [5.74, 6) is 0.848. The number of rotatable bonds is 2. The van der Waals surface area contributed by atoms with Gasteiger partial charge in [0.05, 0.1) is 10.2 Å². The second-order valence-electron chi connectivity index (χ2n) is 4.85. The van der Waals surface area contributed by atoms with Gasteiger partial charge in [-0.25, -0.2) is 4.98 Å². The molecule has 0 bridgehead atoms. The molecule has 2 amide bonds. The Balaban J connectivity index is 0.000000867. The van der Waals surface area contributed by atoms with Crippen LogP contribution in [0.1, 0.15) is 21.0 Å². The third-order valence-electron chi connectivity index (χ3n) is 2.83. The molecule has 0 atom stereocenters. The molecule has 15 nitrogen and oxygen atoms in total. The summed E-state index contributed by atoms with van der Waals surface area (Å²) in [7, 11) is 0. The SMILES string of the molecule is O=C(N=C1NCCS1)c1cccc(C(=O)N=C2NCCS2)n1.O=[N+]([O-])[O-].O=[N+]([O-])[O-].[Zn+2].